The number of halogens is 1. The van der Waals surface area contributed by atoms with Crippen LogP contribution in [0.1, 0.15) is 22.3 Å². The summed E-state index contributed by atoms with van der Waals surface area (Å²) < 4.78 is 13.1. The Kier molecular flexibility index (Phi) is 6.93. The average Bonchev–Trinajstić information content (AvgIpc) is 2.85. The predicted octanol–water partition coefficient (Wildman–Crippen LogP) is 3.98. The number of hydrogen-bond donors (Lipinski definition) is 0. The molecule has 3 aromatic carbocycles. The Morgan fingerprint density at radius 2 is 1.27 bits per heavy atom. The highest BCUT2D eigenvalue weighted by Gasteiger charge is 2.26. The average molecular weight is 445 g/mol. The van der Waals surface area contributed by atoms with E-state index in [9.17, 15) is 18.8 Å². The monoisotopic (exact) mass is 444 g/mol. The van der Waals surface area contributed by atoms with Gasteiger partial charge in [-0.05, 0) is 41.0 Å². The molecule has 0 unspecified atom stereocenters. The van der Waals surface area contributed by atoms with Gasteiger partial charge in [-0.15, -0.1) is 0 Å². The largest absolute Gasteiger partial charge is 0.339 e. The summed E-state index contributed by atoms with van der Waals surface area (Å²) in [4.78, 5) is 40.8. The maximum Gasteiger partial charge on any atom is 0.253 e. The molecule has 0 spiro atoms. The summed E-state index contributed by atoms with van der Waals surface area (Å²) in [5.41, 5.74) is 3.49. The van der Waals surface area contributed by atoms with Crippen LogP contribution in [0.4, 0.5) is 4.39 Å². The van der Waals surface area contributed by atoms with E-state index in [0.29, 0.717) is 31.7 Å². The number of benzene rings is 3. The fourth-order valence-electron chi connectivity index (χ4n) is 3.95. The van der Waals surface area contributed by atoms with Gasteiger partial charge in [0.05, 0.1) is 6.42 Å². The second kappa shape index (κ2) is 10.2. The molecule has 0 aromatic heterocycles. The van der Waals surface area contributed by atoms with Crippen molar-refractivity contribution in [2.45, 2.75) is 12.8 Å². The van der Waals surface area contributed by atoms with Crippen molar-refractivity contribution in [3.63, 3.8) is 0 Å². The van der Waals surface area contributed by atoms with Gasteiger partial charge >= 0.3 is 0 Å². The Morgan fingerprint density at radius 3 is 1.91 bits per heavy atom. The predicted molar refractivity (Wildman–Crippen MR) is 124 cm³/mol. The normalized spacial score (nSPS) is 13.6. The van der Waals surface area contributed by atoms with Gasteiger partial charge in [-0.2, -0.15) is 0 Å². The SMILES string of the molecule is O=C(CC(=O)N1CCN(C(=O)c2ccc(F)cc2)CC1)Cc1ccc(-c2ccccc2)cc1. The fourth-order valence-corrected chi connectivity index (χ4v) is 3.95. The van der Waals surface area contributed by atoms with Crippen molar-refractivity contribution in [3.05, 3.63) is 95.8 Å². The van der Waals surface area contributed by atoms with Crippen molar-refractivity contribution in [1.29, 1.82) is 0 Å². The number of piperazine rings is 1. The Hall–Kier alpha value is -3.80. The molecule has 0 atom stereocenters. The Bertz CT molecular complexity index is 1120. The number of Topliss-reactive ketones (excluding diaryl/α,β-unsaturated/α-hetero) is 1. The van der Waals surface area contributed by atoms with E-state index in [2.05, 4.69) is 0 Å². The minimum Gasteiger partial charge on any atom is -0.339 e. The lowest BCUT2D eigenvalue weighted by molar-refractivity contribution is -0.136. The summed E-state index contributed by atoms with van der Waals surface area (Å²) in [6.07, 6.45) is 0.0656. The molecule has 1 aliphatic rings. The molecule has 0 saturated carbocycles. The number of carbonyl (C=O) groups excluding carboxylic acids is 3. The van der Waals surface area contributed by atoms with Crippen molar-refractivity contribution >= 4 is 17.6 Å². The third-order valence-corrected chi connectivity index (χ3v) is 5.82. The first-order valence-corrected chi connectivity index (χ1v) is 11.0. The highest BCUT2D eigenvalue weighted by atomic mass is 19.1. The first-order valence-electron chi connectivity index (χ1n) is 11.0. The molecule has 1 heterocycles. The molecule has 0 N–H and O–H groups in total. The number of ketones is 1. The van der Waals surface area contributed by atoms with E-state index >= 15 is 0 Å². The summed E-state index contributed by atoms with van der Waals surface area (Å²) in [7, 11) is 0. The van der Waals surface area contributed by atoms with Crippen LogP contribution in [0.25, 0.3) is 11.1 Å². The number of carbonyl (C=O) groups is 3. The van der Waals surface area contributed by atoms with E-state index in [1.807, 2.05) is 54.6 Å². The topological polar surface area (TPSA) is 57.7 Å². The molecular formula is C27H25FN2O3. The van der Waals surface area contributed by atoms with Gasteiger partial charge in [0.25, 0.3) is 5.91 Å². The summed E-state index contributed by atoms with van der Waals surface area (Å²) in [5, 5.41) is 0. The zero-order valence-electron chi connectivity index (χ0n) is 18.2. The van der Waals surface area contributed by atoms with Crippen LogP contribution in [0, 0.1) is 5.82 Å². The fraction of sp³-hybridized carbons (Fsp3) is 0.222. The molecule has 3 aromatic rings. The van der Waals surface area contributed by atoms with Gasteiger partial charge in [-0.25, -0.2) is 4.39 Å². The van der Waals surface area contributed by atoms with E-state index in [1.54, 1.807) is 9.80 Å². The lowest BCUT2D eigenvalue weighted by Crippen LogP contribution is -2.50. The van der Waals surface area contributed by atoms with E-state index in [4.69, 9.17) is 0 Å². The minimum absolute atomic E-state index is 0.128. The van der Waals surface area contributed by atoms with Crippen LogP contribution in [0.5, 0.6) is 0 Å². The lowest BCUT2D eigenvalue weighted by Gasteiger charge is -2.34. The quantitative estimate of drug-likeness (QED) is 0.541. The summed E-state index contributed by atoms with van der Waals surface area (Å²) >= 11 is 0. The highest BCUT2D eigenvalue weighted by molar-refractivity contribution is 5.99. The molecule has 2 amide bonds. The molecule has 33 heavy (non-hydrogen) atoms. The van der Waals surface area contributed by atoms with Gasteiger partial charge in [0.1, 0.15) is 11.6 Å². The molecule has 0 radical (unpaired) electrons. The molecule has 1 fully saturated rings. The molecule has 6 heteroatoms. The number of hydrogen-bond acceptors (Lipinski definition) is 3. The summed E-state index contributed by atoms with van der Waals surface area (Å²) in [5.74, 6) is -0.914. The van der Waals surface area contributed by atoms with Crippen LogP contribution in [-0.2, 0) is 16.0 Å². The highest BCUT2D eigenvalue weighted by Crippen LogP contribution is 2.19. The Labute approximate surface area is 192 Å². The number of rotatable bonds is 6. The summed E-state index contributed by atoms with van der Waals surface area (Å²) in [6.45, 7) is 1.53. The Morgan fingerprint density at radius 1 is 0.697 bits per heavy atom. The van der Waals surface area contributed by atoms with Crippen molar-refractivity contribution in [2.24, 2.45) is 0 Å². The first-order chi connectivity index (χ1) is 16.0. The van der Waals surface area contributed by atoms with Crippen LogP contribution in [0.2, 0.25) is 0 Å². The molecule has 1 saturated heterocycles. The zero-order valence-corrected chi connectivity index (χ0v) is 18.2. The third-order valence-electron chi connectivity index (χ3n) is 5.82. The maximum absolute atomic E-state index is 13.1. The molecule has 0 bridgehead atoms. The summed E-state index contributed by atoms with van der Waals surface area (Å²) in [6, 6.07) is 23.2. The van der Waals surface area contributed by atoms with Gasteiger partial charge in [0.2, 0.25) is 5.91 Å². The van der Waals surface area contributed by atoms with Crippen LogP contribution in [0.15, 0.2) is 78.9 Å². The van der Waals surface area contributed by atoms with Crippen LogP contribution in [-0.4, -0.2) is 53.6 Å². The molecule has 5 nitrogen and oxygen atoms in total. The maximum atomic E-state index is 13.1. The van der Waals surface area contributed by atoms with Gasteiger partial charge in [-0.3, -0.25) is 14.4 Å². The molecule has 4 rings (SSSR count). The van der Waals surface area contributed by atoms with E-state index in [1.165, 1.54) is 24.3 Å². The van der Waals surface area contributed by atoms with Gasteiger partial charge in [0.15, 0.2) is 0 Å². The van der Waals surface area contributed by atoms with Crippen molar-refractivity contribution in [3.8, 4) is 11.1 Å². The van der Waals surface area contributed by atoms with Gasteiger partial charge in [-0.1, -0.05) is 54.6 Å². The zero-order chi connectivity index (χ0) is 23.2. The van der Waals surface area contributed by atoms with E-state index in [0.717, 1.165) is 16.7 Å². The van der Waals surface area contributed by atoms with Crippen molar-refractivity contribution in [1.82, 2.24) is 9.80 Å². The van der Waals surface area contributed by atoms with Gasteiger partial charge < -0.3 is 9.80 Å². The molecule has 0 aliphatic carbocycles. The van der Waals surface area contributed by atoms with Crippen LogP contribution >= 0.6 is 0 Å². The van der Waals surface area contributed by atoms with Crippen LogP contribution in [0.3, 0.4) is 0 Å². The minimum atomic E-state index is -0.390. The van der Waals surface area contributed by atoms with Crippen molar-refractivity contribution in [2.75, 3.05) is 26.2 Å². The second-order valence-electron chi connectivity index (χ2n) is 8.14. The molecule has 168 valence electrons. The smallest absolute Gasteiger partial charge is 0.253 e. The Balaban J connectivity index is 1.25. The first kappa shape index (κ1) is 22.4. The standard InChI is InChI=1S/C27H25FN2O3/c28-24-12-10-23(11-13-24)27(33)30-16-14-29(15-17-30)26(32)19-25(31)18-20-6-8-22(9-7-20)21-4-2-1-3-5-21/h1-13H,14-19H2. The lowest BCUT2D eigenvalue weighted by atomic mass is 10.0. The van der Waals surface area contributed by atoms with E-state index < -0.39 is 5.82 Å². The number of amides is 2. The molecular weight excluding hydrogens is 419 g/mol. The van der Waals surface area contributed by atoms with Crippen molar-refractivity contribution < 1.29 is 18.8 Å². The van der Waals surface area contributed by atoms with E-state index in [-0.39, 0.29) is 30.4 Å². The van der Waals surface area contributed by atoms with Gasteiger partial charge in [0, 0.05) is 38.2 Å². The third kappa shape index (κ3) is 5.71. The molecule has 1 aliphatic heterocycles. The second-order valence-corrected chi connectivity index (χ2v) is 8.14. The van der Waals surface area contributed by atoms with Crippen LogP contribution < -0.4 is 0 Å². The number of nitrogens with zero attached hydrogens (tertiary/aromatic N) is 2.